The third-order valence-corrected chi connectivity index (χ3v) is 3.57. The van der Waals surface area contributed by atoms with E-state index in [4.69, 9.17) is 5.73 Å². The van der Waals surface area contributed by atoms with Crippen LogP contribution in [0.2, 0.25) is 0 Å². The number of rotatable bonds is 1. The van der Waals surface area contributed by atoms with Gasteiger partial charge in [-0.2, -0.15) is 0 Å². The summed E-state index contributed by atoms with van der Waals surface area (Å²) in [5, 5.41) is 0.925. The number of fused-ring (bicyclic) bond motifs is 1. The molecule has 17 heavy (non-hydrogen) atoms. The lowest BCUT2D eigenvalue weighted by Gasteiger charge is -2.01. The van der Waals surface area contributed by atoms with Gasteiger partial charge in [0.1, 0.15) is 5.01 Å². The van der Waals surface area contributed by atoms with Crippen LogP contribution in [0.3, 0.4) is 0 Å². The minimum atomic E-state index is 0.696. The highest BCUT2D eigenvalue weighted by atomic mass is 32.1. The normalized spacial score (nSPS) is 10.9. The number of thiazole rings is 1. The van der Waals surface area contributed by atoms with Gasteiger partial charge in [-0.05, 0) is 30.7 Å². The first kappa shape index (κ1) is 10.2. The van der Waals surface area contributed by atoms with E-state index in [0.717, 1.165) is 26.7 Å². The Labute approximate surface area is 102 Å². The lowest BCUT2D eigenvalue weighted by Crippen LogP contribution is -1.89. The van der Waals surface area contributed by atoms with E-state index >= 15 is 0 Å². The number of nitrogens with zero attached hydrogens (tertiary/aromatic N) is 3. The first-order valence-corrected chi connectivity index (χ1v) is 6.00. The second kappa shape index (κ2) is 3.78. The molecule has 4 nitrogen and oxygen atoms in total. The summed E-state index contributed by atoms with van der Waals surface area (Å²) in [5.41, 5.74) is 9.41. The summed E-state index contributed by atoms with van der Waals surface area (Å²) in [6.07, 6.45) is 3.33. The number of nitrogen functional groups attached to an aromatic ring is 1. The maximum absolute atomic E-state index is 5.80. The van der Waals surface area contributed by atoms with Gasteiger partial charge in [-0.25, -0.2) is 15.0 Å². The summed E-state index contributed by atoms with van der Waals surface area (Å²) < 4.78 is 0. The topological polar surface area (TPSA) is 64.7 Å². The molecule has 3 rings (SSSR count). The van der Waals surface area contributed by atoms with Gasteiger partial charge < -0.3 is 5.73 Å². The van der Waals surface area contributed by atoms with E-state index in [1.54, 1.807) is 12.4 Å². The van der Waals surface area contributed by atoms with E-state index in [0.29, 0.717) is 5.65 Å². The minimum absolute atomic E-state index is 0.696. The Morgan fingerprint density at radius 1 is 1.18 bits per heavy atom. The van der Waals surface area contributed by atoms with Crippen molar-refractivity contribution in [2.45, 2.75) is 6.92 Å². The van der Waals surface area contributed by atoms with Crippen LogP contribution in [-0.4, -0.2) is 15.0 Å². The Kier molecular flexibility index (Phi) is 2.26. The number of benzene rings is 1. The number of aryl methyl sites for hydroxylation is 1. The van der Waals surface area contributed by atoms with E-state index in [2.05, 4.69) is 15.0 Å². The largest absolute Gasteiger partial charge is 0.399 e. The Bertz CT molecular complexity index is 657. The van der Waals surface area contributed by atoms with Gasteiger partial charge >= 0.3 is 0 Å². The average Bonchev–Trinajstić information content (AvgIpc) is 2.76. The summed E-state index contributed by atoms with van der Waals surface area (Å²) in [6, 6.07) is 5.91. The van der Waals surface area contributed by atoms with E-state index in [-0.39, 0.29) is 0 Å². The highest BCUT2D eigenvalue weighted by Gasteiger charge is 2.08. The molecule has 0 unspecified atom stereocenters. The van der Waals surface area contributed by atoms with Crippen LogP contribution >= 0.6 is 11.3 Å². The molecule has 3 aromatic rings. The molecule has 1 aromatic carbocycles. The van der Waals surface area contributed by atoms with Gasteiger partial charge in [-0.3, -0.25) is 0 Å². The van der Waals surface area contributed by atoms with Gasteiger partial charge in [0.25, 0.3) is 0 Å². The van der Waals surface area contributed by atoms with Crippen molar-refractivity contribution >= 4 is 27.5 Å². The quantitative estimate of drug-likeness (QED) is 0.666. The zero-order valence-electron chi connectivity index (χ0n) is 9.21. The molecule has 0 radical (unpaired) electrons. The second-order valence-electron chi connectivity index (χ2n) is 3.78. The van der Waals surface area contributed by atoms with Gasteiger partial charge in [0.05, 0.1) is 0 Å². The van der Waals surface area contributed by atoms with Crippen LogP contribution < -0.4 is 5.73 Å². The predicted molar refractivity (Wildman–Crippen MR) is 69.8 cm³/mol. The zero-order chi connectivity index (χ0) is 11.8. The third-order valence-electron chi connectivity index (χ3n) is 2.56. The van der Waals surface area contributed by atoms with Crippen molar-refractivity contribution in [2.24, 2.45) is 0 Å². The van der Waals surface area contributed by atoms with Crippen molar-refractivity contribution in [2.75, 3.05) is 5.73 Å². The van der Waals surface area contributed by atoms with Crippen molar-refractivity contribution < 1.29 is 0 Å². The molecule has 0 atom stereocenters. The SMILES string of the molecule is Cc1cc(-c2nc3nccnc3s2)ccc1N. The van der Waals surface area contributed by atoms with Crippen molar-refractivity contribution in [3.05, 3.63) is 36.2 Å². The molecule has 0 aliphatic rings. The molecule has 0 spiro atoms. The molecule has 0 aliphatic carbocycles. The lowest BCUT2D eigenvalue weighted by atomic mass is 10.1. The molecule has 84 valence electrons. The molecular weight excluding hydrogens is 232 g/mol. The summed E-state index contributed by atoms with van der Waals surface area (Å²) >= 11 is 1.54. The standard InChI is InChI=1S/C12H10N4S/c1-7-6-8(2-3-9(7)13)11-16-10-12(17-11)15-5-4-14-10/h2-6H,13H2,1H3. The molecule has 0 saturated carbocycles. The Morgan fingerprint density at radius 2 is 2.00 bits per heavy atom. The van der Waals surface area contributed by atoms with Gasteiger partial charge in [-0.1, -0.05) is 11.3 Å². The fourth-order valence-electron chi connectivity index (χ4n) is 1.61. The summed E-state index contributed by atoms with van der Waals surface area (Å²) in [7, 11) is 0. The average molecular weight is 242 g/mol. The van der Waals surface area contributed by atoms with Crippen LogP contribution in [0.15, 0.2) is 30.6 Å². The van der Waals surface area contributed by atoms with Crippen molar-refractivity contribution in [1.82, 2.24) is 15.0 Å². The summed E-state index contributed by atoms with van der Waals surface area (Å²) in [4.78, 5) is 13.7. The first-order valence-electron chi connectivity index (χ1n) is 5.18. The summed E-state index contributed by atoms with van der Waals surface area (Å²) in [5.74, 6) is 0. The zero-order valence-corrected chi connectivity index (χ0v) is 10.0. The first-order chi connectivity index (χ1) is 8.24. The molecule has 0 bridgehead atoms. The van der Waals surface area contributed by atoms with Gasteiger partial charge in [0.15, 0.2) is 10.5 Å². The molecule has 5 heteroatoms. The van der Waals surface area contributed by atoms with Crippen molar-refractivity contribution in [3.63, 3.8) is 0 Å². The monoisotopic (exact) mass is 242 g/mol. The molecule has 0 saturated heterocycles. The Morgan fingerprint density at radius 3 is 2.76 bits per heavy atom. The fourth-order valence-corrected chi connectivity index (χ4v) is 2.47. The fraction of sp³-hybridized carbons (Fsp3) is 0.0833. The van der Waals surface area contributed by atoms with Crippen LogP contribution in [-0.2, 0) is 0 Å². The van der Waals surface area contributed by atoms with Crippen LogP contribution in [0.4, 0.5) is 5.69 Å². The number of hydrogen-bond acceptors (Lipinski definition) is 5. The van der Waals surface area contributed by atoms with Crippen LogP contribution in [0.5, 0.6) is 0 Å². The number of aromatic nitrogens is 3. The smallest absolute Gasteiger partial charge is 0.190 e. The van der Waals surface area contributed by atoms with Gasteiger partial charge in [-0.15, -0.1) is 0 Å². The Hall–Kier alpha value is -2.01. The molecule has 0 fully saturated rings. The van der Waals surface area contributed by atoms with E-state index in [1.807, 2.05) is 25.1 Å². The molecule has 0 aliphatic heterocycles. The third kappa shape index (κ3) is 1.74. The Balaban J connectivity index is 2.17. The molecule has 0 amide bonds. The van der Waals surface area contributed by atoms with E-state index in [1.165, 1.54) is 11.3 Å². The molecule has 2 N–H and O–H groups in total. The van der Waals surface area contributed by atoms with Crippen molar-refractivity contribution in [1.29, 1.82) is 0 Å². The van der Waals surface area contributed by atoms with Crippen molar-refractivity contribution in [3.8, 4) is 10.6 Å². The number of nitrogens with two attached hydrogens (primary N) is 1. The number of anilines is 1. The van der Waals surface area contributed by atoms with Gasteiger partial charge in [0.2, 0.25) is 0 Å². The van der Waals surface area contributed by atoms with Gasteiger partial charge in [0, 0.05) is 23.6 Å². The molecular formula is C12H10N4S. The molecule has 2 heterocycles. The lowest BCUT2D eigenvalue weighted by molar-refractivity contribution is 1.26. The maximum Gasteiger partial charge on any atom is 0.190 e. The highest BCUT2D eigenvalue weighted by Crippen LogP contribution is 2.29. The van der Waals surface area contributed by atoms with E-state index < -0.39 is 0 Å². The maximum atomic E-state index is 5.80. The highest BCUT2D eigenvalue weighted by molar-refractivity contribution is 7.21. The summed E-state index contributed by atoms with van der Waals surface area (Å²) in [6.45, 7) is 1.99. The van der Waals surface area contributed by atoms with E-state index in [9.17, 15) is 0 Å². The predicted octanol–water partition coefficient (Wildman–Crippen LogP) is 2.64. The second-order valence-corrected chi connectivity index (χ2v) is 4.75. The van der Waals surface area contributed by atoms with Crippen LogP contribution in [0, 0.1) is 6.92 Å². The van der Waals surface area contributed by atoms with Crippen LogP contribution in [0.25, 0.3) is 21.0 Å². The minimum Gasteiger partial charge on any atom is -0.399 e. The molecule has 2 aromatic heterocycles. The van der Waals surface area contributed by atoms with Crippen LogP contribution in [0.1, 0.15) is 5.56 Å². The number of hydrogen-bond donors (Lipinski definition) is 1.